The molecule has 4 nitrogen and oxygen atoms in total. The summed E-state index contributed by atoms with van der Waals surface area (Å²) in [5.41, 5.74) is 0.502. The second-order valence-electron chi connectivity index (χ2n) is 4.33. The molecule has 1 aromatic heterocycles. The molecule has 0 spiro atoms. The van der Waals surface area contributed by atoms with E-state index in [0.29, 0.717) is 11.0 Å². The Labute approximate surface area is 117 Å². The predicted octanol–water partition coefficient (Wildman–Crippen LogP) is 3.31. The molecule has 0 fully saturated rings. The molecular weight excluding hydrogens is 281 g/mol. The Morgan fingerprint density at radius 2 is 1.86 bits per heavy atom. The number of fused-ring (bicyclic) bond motifs is 1. The maximum atomic E-state index is 12.7. The Balaban J connectivity index is 2.22. The van der Waals surface area contributed by atoms with Crippen LogP contribution in [0, 0.1) is 11.3 Å². The second kappa shape index (κ2) is 4.59. The molecular formula is C14H7F3N4. The van der Waals surface area contributed by atoms with Crippen LogP contribution in [0.2, 0.25) is 0 Å². The molecule has 0 amide bonds. The van der Waals surface area contributed by atoms with Crippen molar-refractivity contribution in [1.82, 2.24) is 15.0 Å². The lowest BCUT2D eigenvalue weighted by atomic mass is 10.1. The van der Waals surface area contributed by atoms with Crippen LogP contribution >= 0.6 is 0 Å². The van der Waals surface area contributed by atoms with Crippen LogP contribution in [0.1, 0.15) is 11.1 Å². The number of hydrogen-bond acceptors (Lipinski definition) is 3. The fourth-order valence-electron chi connectivity index (χ4n) is 2.03. The number of hydrogen-bond donors (Lipinski definition) is 0. The molecule has 104 valence electrons. The highest BCUT2D eigenvalue weighted by molar-refractivity contribution is 5.76. The smallest absolute Gasteiger partial charge is 0.211 e. The molecule has 3 rings (SSSR count). The number of nitrogens with zero attached hydrogens (tertiary/aromatic N) is 4. The van der Waals surface area contributed by atoms with Crippen LogP contribution in [0.5, 0.6) is 0 Å². The van der Waals surface area contributed by atoms with E-state index < -0.39 is 11.7 Å². The molecule has 0 atom stereocenters. The van der Waals surface area contributed by atoms with Crippen LogP contribution < -0.4 is 0 Å². The number of nitriles is 1. The lowest BCUT2D eigenvalue weighted by Crippen LogP contribution is -2.07. The molecule has 0 aliphatic carbocycles. The van der Waals surface area contributed by atoms with Crippen molar-refractivity contribution in [3.05, 3.63) is 53.6 Å². The van der Waals surface area contributed by atoms with Crippen molar-refractivity contribution in [3.63, 3.8) is 0 Å². The summed E-state index contributed by atoms with van der Waals surface area (Å²) in [5, 5.41) is 16.9. The minimum absolute atomic E-state index is 0.111. The van der Waals surface area contributed by atoms with Crippen molar-refractivity contribution < 1.29 is 13.2 Å². The average molecular weight is 288 g/mol. The van der Waals surface area contributed by atoms with Crippen LogP contribution in [-0.2, 0) is 6.18 Å². The summed E-state index contributed by atoms with van der Waals surface area (Å²) < 4.78 is 39.4. The van der Waals surface area contributed by atoms with Gasteiger partial charge >= 0.3 is 6.18 Å². The van der Waals surface area contributed by atoms with Gasteiger partial charge in [0.25, 0.3) is 0 Å². The molecule has 0 saturated heterocycles. The van der Waals surface area contributed by atoms with E-state index in [9.17, 15) is 13.2 Å². The van der Waals surface area contributed by atoms with E-state index >= 15 is 0 Å². The summed E-state index contributed by atoms with van der Waals surface area (Å²) >= 11 is 0. The number of aromatic nitrogens is 3. The molecule has 3 aromatic rings. The number of alkyl halides is 3. The van der Waals surface area contributed by atoms with Crippen molar-refractivity contribution in [1.29, 1.82) is 5.26 Å². The fraction of sp³-hybridized carbons (Fsp3) is 0.0714. The van der Waals surface area contributed by atoms with Crippen LogP contribution in [0.3, 0.4) is 0 Å². The van der Waals surface area contributed by atoms with E-state index in [1.807, 2.05) is 0 Å². The van der Waals surface area contributed by atoms with Gasteiger partial charge in [0.05, 0.1) is 22.3 Å². The summed E-state index contributed by atoms with van der Waals surface area (Å²) in [5.74, 6) is 0. The van der Waals surface area contributed by atoms with Gasteiger partial charge in [-0.15, -0.1) is 5.10 Å². The zero-order valence-electron chi connectivity index (χ0n) is 10.5. The Hall–Kier alpha value is -2.88. The van der Waals surface area contributed by atoms with Crippen molar-refractivity contribution in [2.75, 3.05) is 0 Å². The molecule has 0 aliphatic heterocycles. The fourth-order valence-corrected chi connectivity index (χ4v) is 2.03. The molecule has 0 saturated carbocycles. The Kier molecular flexibility index (Phi) is 2.87. The zero-order valence-corrected chi connectivity index (χ0v) is 10.5. The molecule has 2 aromatic carbocycles. The maximum absolute atomic E-state index is 12.7. The predicted molar refractivity (Wildman–Crippen MR) is 68.6 cm³/mol. The number of benzene rings is 2. The SMILES string of the molecule is N#Cc1cc(C(F)(F)F)ccc1-n1nnc2ccccc21. The standard InChI is InChI=1S/C14H7F3N4/c15-14(16,17)10-5-6-12(9(7-10)8-18)21-13-4-2-1-3-11(13)19-20-21/h1-7H. The molecule has 0 unspecified atom stereocenters. The highest BCUT2D eigenvalue weighted by Gasteiger charge is 2.31. The quantitative estimate of drug-likeness (QED) is 0.690. The monoisotopic (exact) mass is 288 g/mol. The van der Waals surface area contributed by atoms with E-state index in [2.05, 4.69) is 10.3 Å². The van der Waals surface area contributed by atoms with E-state index in [1.165, 1.54) is 10.7 Å². The largest absolute Gasteiger partial charge is 0.416 e. The number of halogens is 3. The van der Waals surface area contributed by atoms with Gasteiger partial charge in [-0.1, -0.05) is 17.3 Å². The molecule has 21 heavy (non-hydrogen) atoms. The maximum Gasteiger partial charge on any atom is 0.416 e. The van der Waals surface area contributed by atoms with E-state index in [-0.39, 0.29) is 11.3 Å². The van der Waals surface area contributed by atoms with Gasteiger partial charge in [0.1, 0.15) is 11.6 Å². The van der Waals surface area contributed by atoms with Gasteiger partial charge < -0.3 is 0 Å². The van der Waals surface area contributed by atoms with Gasteiger partial charge in [-0.05, 0) is 30.3 Å². The van der Waals surface area contributed by atoms with Crippen LogP contribution in [0.15, 0.2) is 42.5 Å². The van der Waals surface area contributed by atoms with E-state index in [1.54, 1.807) is 30.3 Å². The first-order valence-corrected chi connectivity index (χ1v) is 5.93. The molecule has 0 aliphatic rings. The first-order chi connectivity index (χ1) is 10.0. The molecule has 0 N–H and O–H groups in total. The molecule has 0 radical (unpaired) electrons. The molecule has 1 heterocycles. The third kappa shape index (κ3) is 2.21. The minimum Gasteiger partial charge on any atom is -0.211 e. The van der Waals surface area contributed by atoms with Gasteiger partial charge in [0.2, 0.25) is 0 Å². The number of para-hydroxylation sites is 1. The molecule has 7 heteroatoms. The van der Waals surface area contributed by atoms with Crippen LogP contribution in [0.4, 0.5) is 13.2 Å². The lowest BCUT2D eigenvalue weighted by Gasteiger charge is -2.10. The van der Waals surface area contributed by atoms with Gasteiger partial charge in [-0.25, -0.2) is 4.68 Å². The zero-order chi connectivity index (χ0) is 15.0. The van der Waals surface area contributed by atoms with E-state index in [4.69, 9.17) is 5.26 Å². The van der Waals surface area contributed by atoms with Crippen LogP contribution in [0.25, 0.3) is 16.7 Å². The average Bonchev–Trinajstić information content (AvgIpc) is 2.89. The van der Waals surface area contributed by atoms with Crippen LogP contribution in [-0.4, -0.2) is 15.0 Å². The van der Waals surface area contributed by atoms with Crippen molar-refractivity contribution in [2.24, 2.45) is 0 Å². The Morgan fingerprint density at radius 1 is 1.10 bits per heavy atom. The van der Waals surface area contributed by atoms with Gasteiger partial charge in [-0.3, -0.25) is 0 Å². The first kappa shape index (κ1) is 13.1. The third-order valence-corrected chi connectivity index (χ3v) is 3.02. The summed E-state index contributed by atoms with van der Waals surface area (Å²) in [4.78, 5) is 0. The van der Waals surface area contributed by atoms with Gasteiger partial charge in [0.15, 0.2) is 0 Å². The first-order valence-electron chi connectivity index (χ1n) is 5.93. The summed E-state index contributed by atoms with van der Waals surface area (Å²) in [6, 6.07) is 11.7. The topological polar surface area (TPSA) is 54.5 Å². The van der Waals surface area contributed by atoms with Crippen molar-refractivity contribution >= 4 is 11.0 Å². The highest BCUT2D eigenvalue weighted by Crippen LogP contribution is 2.31. The number of rotatable bonds is 1. The summed E-state index contributed by atoms with van der Waals surface area (Å²) in [7, 11) is 0. The van der Waals surface area contributed by atoms with Crippen molar-refractivity contribution in [2.45, 2.75) is 6.18 Å². The summed E-state index contributed by atoms with van der Waals surface area (Å²) in [6.07, 6.45) is -4.49. The van der Waals surface area contributed by atoms with Crippen molar-refractivity contribution in [3.8, 4) is 11.8 Å². The minimum atomic E-state index is -4.49. The summed E-state index contributed by atoms with van der Waals surface area (Å²) in [6.45, 7) is 0. The lowest BCUT2D eigenvalue weighted by molar-refractivity contribution is -0.137. The molecule has 0 bridgehead atoms. The second-order valence-corrected chi connectivity index (χ2v) is 4.33. The highest BCUT2D eigenvalue weighted by atomic mass is 19.4. The van der Waals surface area contributed by atoms with E-state index in [0.717, 1.165) is 12.1 Å². The normalized spacial score (nSPS) is 11.5. The Morgan fingerprint density at radius 3 is 2.57 bits per heavy atom. The van der Waals surface area contributed by atoms with Gasteiger partial charge in [-0.2, -0.15) is 18.4 Å². The Bertz CT molecular complexity index is 859. The third-order valence-electron chi connectivity index (χ3n) is 3.02. The van der Waals surface area contributed by atoms with Gasteiger partial charge in [0, 0.05) is 0 Å².